The van der Waals surface area contributed by atoms with E-state index in [2.05, 4.69) is 10.3 Å². The number of carbonyl (C=O) groups is 1. The van der Waals surface area contributed by atoms with Crippen LogP contribution in [0.3, 0.4) is 0 Å². The predicted molar refractivity (Wildman–Crippen MR) is 78.5 cm³/mol. The molecule has 2 aromatic rings. The van der Waals surface area contributed by atoms with Crippen molar-refractivity contribution in [2.45, 2.75) is 13.8 Å². The molecule has 0 aliphatic heterocycles. The molecule has 2 rings (SSSR count). The van der Waals surface area contributed by atoms with E-state index in [1.165, 1.54) is 6.20 Å². The Morgan fingerprint density at radius 1 is 1.40 bits per heavy atom. The molecule has 1 aromatic carbocycles. The summed E-state index contributed by atoms with van der Waals surface area (Å²) in [4.78, 5) is 16.2. The Labute approximate surface area is 147 Å². The number of aromatic hydroxyl groups is 1. The molecular weight excluding hydrogens is 351 g/mol. The average molecular weight is 367 g/mol. The first-order valence-corrected chi connectivity index (χ1v) is 6.12. The molecule has 0 saturated heterocycles. The molecule has 0 aliphatic carbocycles. The Balaban J connectivity index is 0.00000180. The Morgan fingerprint density at radius 2 is 2.05 bits per heavy atom. The van der Waals surface area contributed by atoms with Crippen LogP contribution in [0.5, 0.6) is 5.75 Å². The zero-order chi connectivity index (χ0) is 13.3. The van der Waals surface area contributed by atoms with Crippen LogP contribution >= 0.6 is 11.3 Å². The number of rotatable bonds is 2. The van der Waals surface area contributed by atoms with Crippen LogP contribution in [0.1, 0.15) is 20.8 Å². The molecule has 7 heteroatoms. The van der Waals surface area contributed by atoms with Gasteiger partial charge in [0, 0.05) is 38.3 Å². The number of aromatic nitrogens is 1. The largest absolute Gasteiger partial charge is 0.508 e. The second kappa shape index (κ2) is 7.71. The van der Waals surface area contributed by atoms with Crippen LogP contribution in [0.25, 0.3) is 0 Å². The topological polar surface area (TPSA) is 88.2 Å². The van der Waals surface area contributed by atoms with Gasteiger partial charge in [-0.2, -0.15) is 0 Å². The molecule has 1 heterocycles. The summed E-state index contributed by atoms with van der Waals surface area (Å²) in [5, 5.41) is 12.7. The van der Waals surface area contributed by atoms with Crippen molar-refractivity contribution in [2.24, 2.45) is 0 Å². The Bertz CT molecular complexity index is 614. The van der Waals surface area contributed by atoms with Gasteiger partial charge >= 0.3 is 0 Å². The molecule has 1 amide bonds. The number of phenols is 1. The zero-order valence-electron chi connectivity index (χ0n) is 11.6. The standard InChI is InChI=1S/C12H13N3O2S.CH3.Y/c1-6-3-4-8(16)7(2)10(6)15-11(17)9-5-14-12(13)18-9;;/h3-5,16H,1-2H3,(H2,13,14)(H,15,17);1H3;/q;-1;. The van der Waals surface area contributed by atoms with E-state index in [9.17, 15) is 9.90 Å². The van der Waals surface area contributed by atoms with Crippen molar-refractivity contribution >= 4 is 28.1 Å². The molecule has 0 fully saturated rings. The number of nitrogens with one attached hydrogen (secondary N) is 1. The van der Waals surface area contributed by atoms with Crippen molar-refractivity contribution in [3.63, 3.8) is 0 Å². The van der Waals surface area contributed by atoms with Crippen molar-refractivity contribution in [3.8, 4) is 5.75 Å². The van der Waals surface area contributed by atoms with Crippen LogP contribution in [-0.4, -0.2) is 16.0 Å². The van der Waals surface area contributed by atoms with Gasteiger partial charge in [-0.05, 0) is 25.5 Å². The maximum atomic E-state index is 12.0. The molecule has 0 atom stereocenters. The molecule has 105 valence electrons. The normalized spacial score (nSPS) is 9.30. The number of aryl methyl sites for hydroxylation is 1. The summed E-state index contributed by atoms with van der Waals surface area (Å²) in [5.74, 6) is -0.124. The fourth-order valence-electron chi connectivity index (χ4n) is 1.60. The van der Waals surface area contributed by atoms with Crippen LogP contribution in [0.15, 0.2) is 18.3 Å². The van der Waals surface area contributed by atoms with Gasteiger partial charge < -0.3 is 23.6 Å². The number of nitrogen functional groups attached to an aromatic ring is 1. The van der Waals surface area contributed by atoms with Crippen LogP contribution in [0.4, 0.5) is 10.8 Å². The molecule has 0 spiro atoms. The number of benzene rings is 1. The SMILES string of the molecule is Cc1ccc(O)c(C)c1NC(=O)c1cnc(N)s1.[CH3-].[Y]. The first kappa shape index (κ1) is 19.0. The maximum Gasteiger partial charge on any atom is 0.267 e. The van der Waals surface area contributed by atoms with E-state index in [-0.39, 0.29) is 51.8 Å². The van der Waals surface area contributed by atoms with E-state index < -0.39 is 0 Å². The second-order valence-electron chi connectivity index (χ2n) is 3.92. The molecule has 5 nitrogen and oxygen atoms in total. The molecule has 0 aliphatic rings. The molecule has 0 bridgehead atoms. The number of nitrogens with zero attached hydrogens (tertiary/aromatic N) is 1. The van der Waals surface area contributed by atoms with Crippen LogP contribution in [0.2, 0.25) is 0 Å². The summed E-state index contributed by atoms with van der Waals surface area (Å²) in [6, 6.07) is 3.35. The number of carbonyl (C=O) groups excluding carboxylic acids is 1. The summed E-state index contributed by atoms with van der Waals surface area (Å²) >= 11 is 1.12. The number of amides is 1. The number of hydrogen-bond acceptors (Lipinski definition) is 5. The van der Waals surface area contributed by atoms with Gasteiger partial charge in [-0.25, -0.2) is 4.98 Å². The molecule has 4 N–H and O–H groups in total. The molecule has 1 radical (unpaired) electrons. The van der Waals surface area contributed by atoms with E-state index in [0.717, 1.165) is 16.9 Å². The fourth-order valence-corrected chi connectivity index (χ4v) is 2.18. The number of thiazole rings is 1. The summed E-state index contributed by atoms with van der Waals surface area (Å²) in [7, 11) is 0. The summed E-state index contributed by atoms with van der Waals surface area (Å²) in [6.07, 6.45) is 1.43. The maximum absolute atomic E-state index is 12.0. The van der Waals surface area contributed by atoms with Gasteiger partial charge in [-0.1, -0.05) is 17.4 Å². The van der Waals surface area contributed by atoms with Crippen LogP contribution in [-0.2, 0) is 32.7 Å². The smallest absolute Gasteiger partial charge is 0.267 e. The molecular formula is C13H16N3O2SY-. The van der Waals surface area contributed by atoms with Crippen molar-refractivity contribution < 1.29 is 42.6 Å². The number of nitrogens with two attached hydrogens (primary N) is 1. The third-order valence-electron chi connectivity index (χ3n) is 2.63. The average Bonchev–Trinajstić information content (AvgIpc) is 2.76. The first-order chi connectivity index (χ1) is 8.49. The fraction of sp³-hybridized carbons (Fsp3) is 0.154. The minimum atomic E-state index is -0.277. The van der Waals surface area contributed by atoms with E-state index in [1.807, 2.05) is 6.92 Å². The Kier molecular flexibility index (Phi) is 7.34. The minimum absolute atomic E-state index is 0. The van der Waals surface area contributed by atoms with Crippen molar-refractivity contribution in [1.82, 2.24) is 4.98 Å². The molecule has 1 aromatic heterocycles. The van der Waals surface area contributed by atoms with E-state index in [1.54, 1.807) is 19.1 Å². The molecule has 20 heavy (non-hydrogen) atoms. The number of anilines is 2. The summed E-state index contributed by atoms with van der Waals surface area (Å²) in [6.45, 7) is 3.61. The van der Waals surface area contributed by atoms with Gasteiger partial charge in [0.05, 0.1) is 11.9 Å². The van der Waals surface area contributed by atoms with Crippen LogP contribution in [0, 0.1) is 21.3 Å². The Morgan fingerprint density at radius 3 is 2.60 bits per heavy atom. The minimum Gasteiger partial charge on any atom is -0.508 e. The zero-order valence-corrected chi connectivity index (χ0v) is 15.3. The third-order valence-corrected chi connectivity index (χ3v) is 3.46. The first-order valence-electron chi connectivity index (χ1n) is 5.31. The van der Waals surface area contributed by atoms with E-state index >= 15 is 0 Å². The van der Waals surface area contributed by atoms with Gasteiger partial charge in [-0.3, -0.25) is 4.79 Å². The number of phenolic OH excluding ortho intramolecular Hbond substituents is 1. The summed E-state index contributed by atoms with van der Waals surface area (Å²) < 4.78 is 0. The van der Waals surface area contributed by atoms with Crippen LogP contribution < -0.4 is 11.1 Å². The van der Waals surface area contributed by atoms with Crippen molar-refractivity contribution in [3.05, 3.63) is 41.8 Å². The van der Waals surface area contributed by atoms with Crippen molar-refractivity contribution in [1.29, 1.82) is 0 Å². The quantitative estimate of drug-likeness (QED) is 0.713. The van der Waals surface area contributed by atoms with Crippen molar-refractivity contribution in [2.75, 3.05) is 11.1 Å². The van der Waals surface area contributed by atoms with E-state index in [0.29, 0.717) is 21.3 Å². The number of hydrogen-bond donors (Lipinski definition) is 3. The predicted octanol–water partition coefficient (Wildman–Crippen LogP) is 2.75. The second-order valence-corrected chi connectivity index (χ2v) is 4.98. The monoisotopic (exact) mass is 367 g/mol. The molecule has 0 saturated carbocycles. The van der Waals surface area contributed by atoms with Gasteiger partial charge in [0.2, 0.25) is 0 Å². The molecule has 0 unspecified atom stereocenters. The van der Waals surface area contributed by atoms with Gasteiger partial charge in [0.25, 0.3) is 5.91 Å². The third kappa shape index (κ3) is 4.01. The Hall–Kier alpha value is -0.976. The van der Waals surface area contributed by atoms with Gasteiger partial charge in [-0.15, -0.1) is 0 Å². The van der Waals surface area contributed by atoms with Gasteiger partial charge in [0.1, 0.15) is 10.6 Å². The van der Waals surface area contributed by atoms with E-state index in [4.69, 9.17) is 5.73 Å². The summed E-state index contributed by atoms with van der Waals surface area (Å²) in [5.41, 5.74) is 7.62. The van der Waals surface area contributed by atoms with Gasteiger partial charge in [0.15, 0.2) is 5.13 Å².